The molecule has 0 aliphatic heterocycles. The number of halogens is 2. The van der Waals surface area contributed by atoms with Crippen molar-refractivity contribution in [3.05, 3.63) is 38.8 Å². The lowest BCUT2D eigenvalue weighted by Gasteiger charge is -2.11. The molecule has 0 atom stereocenters. The third kappa shape index (κ3) is 3.63. The van der Waals surface area contributed by atoms with Crippen LogP contribution in [0.3, 0.4) is 0 Å². The number of hydrogen-bond donors (Lipinski definition) is 1. The van der Waals surface area contributed by atoms with E-state index in [-0.39, 0.29) is 0 Å². The van der Waals surface area contributed by atoms with Crippen LogP contribution in [0.15, 0.2) is 33.2 Å². The molecule has 0 aliphatic rings. The summed E-state index contributed by atoms with van der Waals surface area (Å²) in [7, 11) is 0. The molecule has 0 saturated heterocycles. The Morgan fingerprint density at radius 2 is 1.93 bits per heavy atom. The van der Waals surface area contributed by atoms with E-state index in [9.17, 15) is 0 Å². The smallest absolute Gasteiger partial charge is 0.148 e. The molecule has 2 N–H and O–H groups in total. The van der Waals surface area contributed by atoms with Gasteiger partial charge < -0.3 is 10.5 Å². The van der Waals surface area contributed by atoms with Crippen LogP contribution in [0.5, 0.6) is 5.75 Å². The summed E-state index contributed by atoms with van der Waals surface area (Å²) < 4.78 is 7.40. The maximum absolute atomic E-state index is 5.59. The van der Waals surface area contributed by atoms with Gasteiger partial charge >= 0.3 is 0 Å². The summed E-state index contributed by atoms with van der Waals surface area (Å²) in [6, 6.07) is 3.91. The Morgan fingerprint density at radius 1 is 1.40 bits per heavy atom. The van der Waals surface area contributed by atoms with Gasteiger partial charge in [0.15, 0.2) is 0 Å². The Labute approximate surface area is 107 Å². The van der Waals surface area contributed by atoms with Crippen LogP contribution < -0.4 is 10.5 Å². The molecule has 1 aromatic rings. The minimum atomic E-state index is 0.512. The van der Waals surface area contributed by atoms with Crippen molar-refractivity contribution < 1.29 is 4.74 Å². The van der Waals surface area contributed by atoms with Gasteiger partial charge in [0.1, 0.15) is 12.4 Å². The van der Waals surface area contributed by atoms with Crippen LogP contribution in [0.1, 0.15) is 12.5 Å². The molecule has 1 aromatic carbocycles. The minimum absolute atomic E-state index is 0.512. The van der Waals surface area contributed by atoms with Crippen molar-refractivity contribution in [3.63, 3.8) is 0 Å². The zero-order valence-corrected chi connectivity index (χ0v) is 11.7. The first-order chi connectivity index (χ1) is 7.04. The summed E-state index contributed by atoms with van der Waals surface area (Å²) in [5.74, 6) is 0.787. The van der Waals surface area contributed by atoms with Gasteiger partial charge in [-0.25, -0.2) is 0 Å². The Morgan fingerprint density at radius 3 is 2.33 bits per heavy atom. The minimum Gasteiger partial charge on any atom is -0.487 e. The molecular weight excluding hydrogens is 322 g/mol. The second-order valence-electron chi connectivity index (χ2n) is 3.34. The van der Waals surface area contributed by atoms with E-state index in [0.29, 0.717) is 13.2 Å². The number of ether oxygens (including phenoxy) is 1. The van der Waals surface area contributed by atoms with Gasteiger partial charge in [0.2, 0.25) is 0 Å². The van der Waals surface area contributed by atoms with Gasteiger partial charge in [0, 0.05) is 6.54 Å². The molecule has 82 valence electrons. The highest BCUT2D eigenvalue weighted by molar-refractivity contribution is 9.11. The number of nitrogens with two attached hydrogens (primary N) is 1. The molecule has 0 radical (unpaired) electrons. The van der Waals surface area contributed by atoms with Crippen LogP contribution in [-0.2, 0) is 6.54 Å². The van der Waals surface area contributed by atoms with Crippen LogP contribution in [-0.4, -0.2) is 6.61 Å². The Balaban J connectivity index is 2.92. The zero-order valence-electron chi connectivity index (χ0n) is 8.52. The quantitative estimate of drug-likeness (QED) is 0.853. The standard InChI is InChI=1S/C11H13Br2NO/c1-7(2)6-15-11-9(12)3-8(5-14)4-10(11)13/h3-4H,1,5-6,14H2,2H3. The molecule has 0 fully saturated rings. The predicted molar refractivity (Wildman–Crippen MR) is 70.0 cm³/mol. The highest BCUT2D eigenvalue weighted by Gasteiger charge is 2.08. The molecule has 0 aliphatic carbocycles. The van der Waals surface area contributed by atoms with Gasteiger partial charge in [-0.3, -0.25) is 0 Å². The summed E-state index contributed by atoms with van der Waals surface area (Å²) in [5, 5.41) is 0. The fourth-order valence-electron chi connectivity index (χ4n) is 1.06. The molecule has 0 amide bonds. The summed E-state index contributed by atoms with van der Waals surface area (Å²) in [5.41, 5.74) is 7.60. The van der Waals surface area contributed by atoms with Gasteiger partial charge in [-0.2, -0.15) is 0 Å². The van der Waals surface area contributed by atoms with Crippen molar-refractivity contribution in [2.75, 3.05) is 6.61 Å². The molecule has 0 aromatic heterocycles. The maximum Gasteiger partial charge on any atom is 0.148 e. The summed E-state index contributed by atoms with van der Waals surface area (Å²) >= 11 is 6.90. The molecule has 0 bridgehead atoms. The van der Waals surface area contributed by atoms with E-state index in [2.05, 4.69) is 38.4 Å². The topological polar surface area (TPSA) is 35.2 Å². The lowest BCUT2D eigenvalue weighted by atomic mass is 10.2. The van der Waals surface area contributed by atoms with Crippen LogP contribution in [0.4, 0.5) is 0 Å². The highest BCUT2D eigenvalue weighted by atomic mass is 79.9. The molecule has 0 heterocycles. The monoisotopic (exact) mass is 333 g/mol. The first-order valence-corrected chi connectivity index (χ1v) is 6.08. The van der Waals surface area contributed by atoms with E-state index in [1.807, 2.05) is 19.1 Å². The van der Waals surface area contributed by atoms with Gasteiger partial charge in [-0.15, -0.1) is 0 Å². The van der Waals surface area contributed by atoms with E-state index in [4.69, 9.17) is 10.5 Å². The molecule has 0 spiro atoms. The lowest BCUT2D eigenvalue weighted by Crippen LogP contribution is -2.01. The first kappa shape index (κ1) is 12.7. The van der Waals surface area contributed by atoms with Crippen LogP contribution in [0, 0.1) is 0 Å². The van der Waals surface area contributed by atoms with Crippen molar-refractivity contribution in [3.8, 4) is 5.75 Å². The van der Waals surface area contributed by atoms with Crippen molar-refractivity contribution in [1.29, 1.82) is 0 Å². The van der Waals surface area contributed by atoms with Gasteiger partial charge in [-0.1, -0.05) is 6.58 Å². The van der Waals surface area contributed by atoms with E-state index < -0.39 is 0 Å². The van der Waals surface area contributed by atoms with Crippen molar-refractivity contribution >= 4 is 31.9 Å². The summed E-state index contributed by atoms with van der Waals surface area (Å²) in [4.78, 5) is 0. The molecule has 15 heavy (non-hydrogen) atoms. The highest BCUT2D eigenvalue weighted by Crippen LogP contribution is 2.34. The number of hydrogen-bond acceptors (Lipinski definition) is 2. The second kappa shape index (κ2) is 5.68. The lowest BCUT2D eigenvalue weighted by molar-refractivity contribution is 0.348. The van der Waals surface area contributed by atoms with Crippen LogP contribution in [0.2, 0.25) is 0 Å². The zero-order chi connectivity index (χ0) is 11.4. The first-order valence-electron chi connectivity index (χ1n) is 4.49. The number of rotatable bonds is 4. The van der Waals surface area contributed by atoms with Gasteiger partial charge in [-0.05, 0) is 62.1 Å². The molecule has 0 unspecified atom stereocenters. The normalized spacial score (nSPS) is 10.1. The van der Waals surface area contributed by atoms with Crippen LogP contribution in [0.25, 0.3) is 0 Å². The van der Waals surface area contributed by atoms with Crippen molar-refractivity contribution in [2.45, 2.75) is 13.5 Å². The summed E-state index contributed by atoms with van der Waals surface area (Å²) in [6.45, 7) is 6.74. The molecule has 0 saturated carbocycles. The van der Waals surface area contributed by atoms with Crippen molar-refractivity contribution in [1.82, 2.24) is 0 Å². The molecular formula is C11H13Br2NO. The fraction of sp³-hybridized carbons (Fsp3) is 0.273. The Kier molecular flexibility index (Phi) is 4.83. The van der Waals surface area contributed by atoms with E-state index in [0.717, 1.165) is 25.8 Å². The fourth-order valence-corrected chi connectivity index (χ4v) is 2.57. The maximum atomic E-state index is 5.59. The number of benzene rings is 1. The molecule has 4 heteroatoms. The van der Waals surface area contributed by atoms with Gasteiger partial charge in [0.25, 0.3) is 0 Å². The van der Waals surface area contributed by atoms with E-state index in [1.54, 1.807) is 0 Å². The average Bonchev–Trinajstić information content (AvgIpc) is 2.15. The SMILES string of the molecule is C=C(C)COc1c(Br)cc(CN)cc1Br. The van der Waals surface area contributed by atoms with Gasteiger partial charge in [0.05, 0.1) is 8.95 Å². The molecule has 2 nitrogen and oxygen atoms in total. The Bertz CT molecular complexity index is 354. The Hall–Kier alpha value is -0.320. The third-order valence-electron chi connectivity index (χ3n) is 1.76. The van der Waals surface area contributed by atoms with Crippen LogP contribution >= 0.6 is 31.9 Å². The third-order valence-corrected chi connectivity index (χ3v) is 2.93. The van der Waals surface area contributed by atoms with Crippen molar-refractivity contribution in [2.24, 2.45) is 5.73 Å². The van der Waals surface area contributed by atoms with E-state index in [1.165, 1.54) is 0 Å². The predicted octanol–water partition coefficient (Wildman–Crippen LogP) is 3.63. The van der Waals surface area contributed by atoms with E-state index >= 15 is 0 Å². The largest absolute Gasteiger partial charge is 0.487 e. The average molecular weight is 335 g/mol. The molecule has 1 rings (SSSR count). The summed E-state index contributed by atoms with van der Waals surface area (Å²) in [6.07, 6.45) is 0. The second-order valence-corrected chi connectivity index (χ2v) is 5.05.